The van der Waals surface area contributed by atoms with Gasteiger partial charge < -0.3 is 10.4 Å². The summed E-state index contributed by atoms with van der Waals surface area (Å²) in [7, 11) is -3.36. The van der Waals surface area contributed by atoms with Crippen molar-refractivity contribution >= 4 is 32.5 Å². The van der Waals surface area contributed by atoms with Crippen molar-refractivity contribution in [1.82, 2.24) is 10.3 Å². The first-order chi connectivity index (χ1) is 15.4. The summed E-state index contributed by atoms with van der Waals surface area (Å²) in [6.07, 6.45) is 3.18. The van der Waals surface area contributed by atoms with Crippen molar-refractivity contribution in [3.63, 3.8) is 0 Å². The highest BCUT2D eigenvalue weighted by Crippen LogP contribution is 2.45. The Labute approximate surface area is 194 Å². The molecule has 4 rings (SSSR count). The molecule has 174 valence electrons. The Balaban J connectivity index is 1.49. The highest BCUT2D eigenvalue weighted by Gasteiger charge is 2.41. The summed E-state index contributed by atoms with van der Waals surface area (Å²) in [6, 6.07) is 14.2. The first-order valence-electron chi connectivity index (χ1n) is 11.0. The van der Waals surface area contributed by atoms with E-state index in [1.807, 2.05) is 51.1 Å². The fourth-order valence-corrected chi connectivity index (χ4v) is 4.70. The molecule has 7 nitrogen and oxygen atoms in total. The molecule has 1 aliphatic carbocycles. The number of hydrogen-bond acceptors (Lipinski definition) is 5. The second kappa shape index (κ2) is 8.43. The van der Waals surface area contributed by atoms with Gasteiger partial charge in [-0.15, -0.1) is 0 Å². The van der Waals surface area contributed by atoms with E-state index < -0.39 is 15.6 Å². The van der Waals surface area contributed by atoms with Gasteiger partial charge >= 0.3 is 0 Å². The molecule has 3 aromatic rings. The third-order valence-corrected chi connectivity index (χ3v) is 6.86. The van der Waals surface area contributed by atoms with E-state index in [2.05, 4.69) is 15.0 Å². The van der Waals surface area contributed by atoms with Crippen LogP contribution in [0.15, 0.2) is 48.5 Å². The van der Waals surface area contributed by atoms with E-state index >= 15 is 0 Å². The molecule has 0 bridgehead atoms. The second-order valence-corrected chi connectivity index (χ2v) is 10.9. The predicted molar refractivity (Wildman–Crippen MR) is 130 cm³/mol. The lowest BCUT2D eigenvalue weighted by molar-refractivity contribution is 0.0332. The van der Waals surface area contributed by atoms with Gasteiger partial charge in [-0.3, -0.25) is 9.52 Å². The van der Waals surface area contributed by atoms with Crippen LogP contribution in [-0.2, 0) is 15.6 Å². The first-order valence-corrected chi connectivity index (χ1v) is 12.9. The van der Waals surface area contributed by atoms with Gasteiger partial charge in [0.2, 0.25) is 10.0 Å². The maximum absolute atomic E-state index is 12.8. The van der Waals surface area contributed by atoms with Crippen molar-refractivity contribution in [2.75, 3.05) is 11.0 Å². The molecule has 1 saturated carbocycles. The number of nitrogens with one attached hydrogen (secondary N) is 2. The molecule has 2 unspecified atom stereocenters. The topological polar surface area (TPSA) is 108 Å². The van der Waals surface area contributed by atoms with E-state index in [9.17, 15) is 18.3 Å². The van der Waals surface area contributed by atoms with E-state index in [1.54, 1.807) is 18.2 Å². The molecule has 0 saturated heterocycles. The van der Waals surface area contributed by atoms with Crippen LogP contribution in [0.4, 0.5) is 5.69 Å². The molecule has 1 heterocycles. The van der Waals surface area contributed by atoms with Crippen molar-refractivity contribution < 1.29 is 18.3 Å². The monoisotopic (exact) mass is 467 g/mol. The van der Waals surface area contributed by atoms with Crippen molar-refractivity contribution in [3.05, 3.63) is 70.9 Å². The van der Waals surface area contributed by atoms with Crippen LogP contribution in [0.5, 0.6) is 0 Å². The van der Waals surface area contributed by atoms with Gasteiger partial charge in [0, 0.05) is 5.39 Å². The molecular weight excluding hydrogens is 438 g/mol. The van der Waals surface area contributed by atoms with Crippen LogP contribution < -0.4 is 10.0 Å². The SMILES string of the molecule is Cc1cc(C(C)NC(=O)c2ccc3cc(C(C)(O)C4CC4)ccc3n2)ccc1NS(C)(=O)=O. The summed E-state index contributed by atoms with van der Waals surface area (Å²) in [5.74, 6) is 0.00347. The zero-order chi connectivity index (χ0) is 24.0. The largest absolute Gasteiger partial charge is 0.385 e. The van der Waals surface area contributed by atoms with Gasteiger partial charge in [-0.2, -0.15) is 0 Å². The number of pyridine rings is 1. The zero-order valence-corrected chi connectivity index (χ0v) is 20.0. The van der Waals surface area contributed by atoms with E-state index in [-0.39, 0.29) is 11.9 Å². The normalized spacial score (nSPS) is 16.8. The van der Waals surface area contributed by atoms with E-state index in [1.165, 1.54) is 0 Å². The number of carbonyl (C=O) groups excluding carboxylic acids is 1. The third kappa shape index (κ3) is 5.17. The average Bonchev–Trinajstić information content (AvgIpc) is 3.59. The Hall–Kier alpha value is -2.97. The van der Waals surface area contributed by atoms with Gasteiger partial charge in [0.15, 0.2) is 0 Å². The fraction of sp³-hybridized carbons (Fsp3) is 0.360. The number of benzene rings is 2. The molecule has 0 spiro atoms. The van der Waals surface area contributed by atoms with Crippen LogP contribution in [-0.4, -0.2) is 30.7 Å². The Bertz CT molecular complexity index is 1330. The van der Waals surface area contributed by atoms with E-state index in [0.29, 0.717) is 22.8 Å². The zero-order valence-electron chi connectivity index (χ0n) is 19.2. The second-order valence-electron chi connectivity index (χ2n) is 9.17. The van der Waals surface area contributed by atoms with E-state index in [4.69, 9.17) is 0 Å². The number of nitrogens with zero attached hydrogens (tertiary/aromatic N) is 1. The number of carbonyl (C=O) groups is 1. The minimum atomic E-state index is -3.36. The highest BCUT2D eigenvalue weighted by molar-refractivity contribution is 7.92. The molecule has 0 radical (unpaired) electrons. The predicted octanol–water partition coefficient (Wildman–Crippen LogP) is 4.02. The van der Waals surface area contributed by atoms with Gasteiger partial charge in [0.25, 0.3) is 5.91 Å². The number of aryl methyl sites for hydroxylation is 1. The highest BCUT2D eigenvalue weighted by atomic mass is 32.2. The number of aromatic nitrogens is 1. The summed E-state index contributed by atoms with van der Waals surface area (Å²) >= 11 is 0. The maximum atomic E-state index is 12.8. The number of anilines is 1. The summed E-state index contributed by atoms with van der Waals surface area (Å²) in [6.45, 7) is 5.53. The number of fused-ring (bicyclic) bond motifs is 1. The Morgan fingerprint density at radius 2 is 1.88 bits per heavy atom. The summed E-state index contributed by atoms with van der Waals surface area (Å²) in [5.41, 5.74) is 3.16. The Kier molecular flexibility index (Phi) is 5.92. The standard InChI is InChI=1S/C25H29N3O4S/c1-15-13-17(5-10-21(15)28-33(4,31)32)16(2)26-24(29)23-11-6-18-14-20(9-12-22(18)27-23)25(3,30)19-7-8-19/h5-6,9-14,16,19,28,30H,7-8H2,1-4H3,(H,26,29). The summed E-state index contributed by atoms with van der Waals surface area (Å²) < 4.78 is 25.4. The minimum Gasteiger partial charge on any atom is -0.385 e. The molecule has 33 heavy (non-hydrogen) atoms. The van der Waals surface area contributed by atoms with Gasteiger partial charge in [0.05, 0.1) is 29.1 Å². The van der Waals surface area contributed by atoms with Crippen LogP contribution in [0.3, 0.4) is 0 Å². The lowest BCUT2D eigenvalue weighted by Gasteiger charge is -2.24. The lowest BCUT2D eigenvalue weighted by atomic mass is 9.90. The third-order valence-electron chi connectivity index (χ3n) is 6.27. The van der Waals surface area contributed by atoms with Gasteiger partial charge in [0.1, 0.15) is 5.69 Å². The molecule has 1 aromatic heterocycles. The molecular formula is C25H29N3O4S. The van der Waals surface area contributed by atoms with E-state index in [0.717, 1.165) is 41.2 Å². The smallest absolute Gasteiger partial charge is 0.270 e. The van der Waals surface area contributed by atoms with Gasteiger partial charge in [-0.25, -0.2) is 13.4 Å². The van der Waals surface area contributed by atoms with Crippen LogP contribution in [0.2, 0.25) is 0 Å². The van der Waals surface area contributed by atoms with Crippen molar-refractivity contribution in [1.29, 1.82) is 0 Å². The van der Waals surface area contributed by atoms with Crippen molar-refractivity contribution in [2.24, 2.45) is 5.92 Å². The molecule has 1 aliphatic rings. The van der Waals surface area contributed by atoms with Crippen molar-refractivity contribution in [2.45, 2.75) is 45.3 Å². The fourth-order valence-electron chi connectivity index (χ4n) is 4.07. The molecule has 2 atom stereocenters. The van der Waals surface area contributed by atoms with Crippen LogP contribution >= 0.6 is 0 Å². The molecule has 0 aliphatic heterocycles. The minimum absolute atomic E-state index is 0.294. The molecule has 1 amide bonds. The average molecular weight is 468 g/mol. The number of sulfonamides is 1. The lowest BCUT2D eigenvalue weighted by Crippen LogP contribution is -2.27. The number of amides is 1. The first kappa shape index (κ1) is 23.2. The Morgan fingerprint density at radius 3 is 2.52 bits per heavy atom. The number of hydrogen-bond donors (Lipinski definition) is 3. The van der Waals surface area contributed by atoms with Gasteiger partial charge in [-0.1, -0.05) is 24.3 Å². The molecule has 3 N–H and O–H groups in total. The quantitative estimate of drug-likeness (QED) is 0.486. The molecule has 2 aromatic carbocycles. The maximum Gasteiger partial charge on any atom is 0.270 e. The Morgan fingerprint density at radius 1 is 1.15 bits per heavy atom. The van der Waals surface area contributed by atoms with Crippen molar-refractivity contribution in [3.8, 4) is 0 Å². The summed E-state index contributed by atoms with van der Waals surface area (Å²) in [5, 5.41) is 14.6. The number of rotatable bonds is 7. The van der Waals surface area contributed by atoms with Crippen LogP contribution in [0.1, 0.15) is 59.9 Å². The van der Waals surface area contributed by atoms with Gasteiger partial charge in [-0.05, 0) is 80.5 Å². The molecule has 1 fully saturated rings. The van der Waals surface area contributed by atoms with Crippen LogP contribution in [0, 0.1) is 12.8 Å². The molecule has 8 heteroatoms. The number of aliphatic hydroxyl groups is 1. The van der Waals surface area contributed by atoms with Crippen LogP contribution in [0.25, 0.3) is 10.9 Å². The summed E-state index contributed by atoms with van der Waals surface area (Å²) in [4.78, 5) is 17.3.